The fourth-order valence-corrected chi connectivity index (χ4v) is 23.6. The van der Waals surface area contributed by atoms with Crippen molar-refractivity contribution in [2.75, 3.05) is 0 Å². The van der Waals surface area contributed by atoms with Crippen molar-refractivity contribution in [3.8, 4) is 0 Å². The Morgan fingerprint density at radius 2 is 1.59 bits per heavy atom. The second kappa shape index (κ2) is 12.4. The summed E-state index contributed by atoms with van der Waals surface area (Å²) in [5, 5.41) is 5.53. The van der Waals surface area contributed by atoms with E-state index in [1.54, 1.807) is 11.3 Å². The molecule has 5 heteroatoms. The van der Waals surface area contributed by atoms with Crippen LogP contribution in [0.1, 0.15) is 89.0 Å². The first-order valence-electron chi connectivity index (χ1n) is 10.8. The molecular formula is C22H41NO2SSn. The number of hydrogen-bond acceptors (Lipinski definition) is 3. The second-order valence-electron chi connectivity index (χ2n) is 8.77. The molecule has 0 aliphatic carbocycles. The van der Waals surface area contributed by atoms with E-state index < -0.39 is 24.0 Å². The van der Waals surface area contributed by atoms with E-state index in [4.69, 9.17) is 4.74 Å². The number of ether oxygens (including phenoxy) is 1. The number of hydrogen-bond donors (Lipinski definition) is 1. The van der Waals surface area contributed by atoms with Gasteiger partial charge in [-0.3, -0.25) is 0 Å². The topological polar surface area (TPSA) is 38.3 Å². The van der Waals surface area contributed by atoms with Crippen molar-refractivity contribution < 1.29 is 9.53 Å². The third-order valence-electron chi connectivity index (χ3n) is 5.19. The molecule has 1 amide bonds. The first-order valence-corrected chi connectivity index (χ1v) is 19.4. The van der Waals surface area contributed by atoms with E-state index in [0.29, 0.717) is 0 Å². The van der Waals surface area contributed by atoms with Crippen LogP contribution in [-0.2, 0) is 4.74 Å². The summed E-state index contributed by atoms with van der Waals surface area (Å²) < 4.78 is 9.99. The molecule has 0 spiro atoms. The number of carbonyl (C=O) groups excluding carboxylic acids is 1. The molecule has 1 aromatic rings. The number of rotatable bonds is 12. The predicted octanol–water partition coefficient (Wildman–Crippen LogP) is 7.70. The molecule has 0 bridgehead atoms. The van der Waals surface area contributed by atoms with Gasteiger partial charge in [0, 0.05) is 0 Å². The van der Waals surface area contributed by atoms with Gasteiger partial charge in [-0.15, -0.1) is 0 Å². The van der Waals surface area contributed by atoms with Gasteiger partial charge in [0.25, 0.3) is 0 Å². The van der Waals surface area contributed by atoms with E-state index >= 15 is 0 Å². The van der Waals surface area contributed by atoms with Crippen LogP contribution in [0.2, 0.25) is 13.3 Å². The van der Waals surface area contributed by atoms with Crippen molar-refractivity contribution in [2.45, 2.75) is 103 Å². The van der Waals surface area contributed by atoms with Crippen LogP contribution in [-0.4, -0.2) is 30.1 Å². The molecule has 0 radical (unpaired) electrons. The number of thiophene rings is 1. The summed E-state index contributed by atoms with van der Waals surface area (Å²) in [6, 6.07) is 4.35. The summed E-state index contributed by atoms with van der Waals surface area (Å²) in [6.07, 6.45) is 7.34. The van der Waals surface area contributed by atoms with Gasteiger partial charge in [0.2, 0.25) is 0 Å². The van der Waals surface area contributed by atoms with Gasteiger partial charge in [-0.05, 0) is 0 Å². The minimum absolute atomic E-state index is 0.235. The van der Waals surface area contributed by atoms with E-state index in [2.05, 4.69) is 43.6 Å². The Labute approximate surface area is 175 Å². The average molecular weight is 502 g/mol. The maximum atomic E-state index is 12.7. The average Bonchev–Trinajstić information content (AvgIpc) is 3.12. The molecule has 0 fully saturated rings. The Morgan fingerprint density at radius 3 is 1.96 bits per heavy atom. The number of alkyl carbamates (subject to hydrolysis) is 1. The number of unbranched alkanes of at least 4 members (excludes halogenated alkanes) is 3. The SMILES string of the molecule is CCC[CH2][Sn]([CH2]CCC)([CH2]CCC)[CH](NC(=O)OC(C)(C)C)c1cccs1. The van der Waals surface area contributed by atoms with Crippen LogP contribution in [0.4, 0.5) is 4.79 Å². The molecule has 0 saturated carbocycles. The van der Waals surface area contributed by atoms with Crippen LogP contribution >= 0.6 is 11.3 Å². The normalized spacial score (nSPS) is 13.4. The molecule has 1 aromatic heterocycles. The van der Waals surface area contributed by atoms with Crippen molar-refractivity contribution in [2.24, 2.45) is 0 Å². The zero-order valence-corrected chi connectivity index (χ0v) is 22.1. The molecule has 0 saturated heterocycles. The van der Waals surface area contributed by atoms with Gasteiger partial charge in [0.15, 0.2) is 0 Å². The van der Waals surface area contributed by atoms with E-state index in [1.165, 1.54) is 56.7 Å². The molecule has 1 heterocycles. The Hall–Kier alpha value is -0.231. The van der Waals surface area contributed by atoms with Crippen molar-refractivity contribution >= 4 is 35.8 Å². The summed E-state index contributed by atoms with van der Waals surface area (Å²) in [5.74, 6) is 0. The monoisotopic (exact) mass is 503 g/mol. The molecule has 1 N–H and O–H groups in total. The first kappa shape index (κ1) is 24.8. The zero-order valence-electron chi connectivity index (χ0n) is 18.4. The molecule has 0 aliphatic heterocycles. The Balaban J connectivity index is 3.22. The van der Waals surface area contributed by atoms with Gasteiger partial charge in [-0.25, -0.2) is 0 Å². The summed E-state index contributed by atoms with van der Waals surface area (Å²) in [4.78, 5) is 14.1. The van der Waals surface area contributed by atoms with Crippen LogP contribution in [0.15, 0.2) is 17.5 Å². The number of nitrogens with one attached hydrogen (secondary N) is 1. The molecule has 1 unspecified atom stereocenters. The van der Waals surface area contributed by atoms with Crippen molar-refractivity contribution in [3.05, 3.63) is 22.4 Å². The van der Waals surface area contributed by atoms with E-state index in [1.807, 2.05) is 20.8 Å². The van der Waals surface area contributed by atoms with Gasteiger partial charge in [-0.2, -0.15) is 0 Å². The summed E-state index contributed by atoms with van der Waals surface area (Å²) >= 11 is -0.870. The van der Waals surface area contributed by atoms with Gasteiger partial charge in [0.05, 0.1) is 0 Å². The van der Waals surface area contributed by atoms with Crippen LogP contribution in [0.5, 0.6) is 0 Å². The Bertz CT molecular complexity index is 503. The van der Waals surface area contributed by atoms with Crippen molar-refractivity contribution in [1.29, 1.82) is 0 Å². The maximum absolute atomic E-state index is 12.7. The molecule has 3 nitrogen and oxygen atoms in total. The van der Waals surface area contributed by atoms with Gasteiger partial charge >= 0.3 is 176 Å². The molecular weight excluding hydrogens is 461 g/mol. The van der Waals surface area contributed by atoms with Crippen molar-refractivity contribution in [3.63, 3.8) is 0 Å². The molecule has 156 valence electrons. The molecule has 0 aromatic carbocycles. The quantitative estimate of drug-likeness (QED) is 0.298. The number of amides is 1. The van der Waals surface area contributed by atoms with Crippen LogP contribution in [0.25, 0.3) is 0 Å². The van der Waals surface area contributed by atoms with Crippen LogP contribution in [0, 0.1) is 0 Å². The fourth-order valence-electron chi connectivity index (χ4n) is 3.80. The molecule has 1 atom stereocenters. The summed E-state index contributed by atoms with van der Waals surface area (Å²) in [5.41, 5.74) is -0.460. The van der Waals surface area contributed by atoms with Gasteiger partial charge < -0.3 is 0 Å². The molecule has 27 heavy (non-hydrogen) atoms. The standard InChI is InChI=1S/C10H14NO2S.3C4H9.Sn/c1-10(2,3)13-9(12)11-7-8-5-4-6-14-8;3*1-3-4-2;/h4-7H,1-3H3,(H,11,12);3*1,3-4H2,2H3;. The zero-order chi connectivity index (χ0) is 20.3. The minimum atomic E-state index is -2.67. The third-order valence-corrected chi connectivity index (χ3v) is 23.1. The molecule has 1 rings (SSSR count). The van der Waals surface area contributed by atoms with Gasteiger partial charge in [0.1, 0.15) is 0 Å². The second-order valence-corrected chi connectivity index (χ2v) is 23.5. The van der Waals surface area contributed by atoms with E-state index in [-0.39, 0.29) is 10.2 Å². The number of carbonyl (C=O) groups is 1. The van der Waals surface area contributed by atoms with E-state index in [9.17, 15) is 4.79 Å². The molecule has 0 aliphatic rings. The third kappa shape index (κ3) is 8.76. The van der Waals surface area contributed by atoms with Crippen molar-refractivity contribution in [1.82, 2.24) is 5.32 Å². The van der Waals surface area contributed by atoms with Gasteiger partial charge in [-0.1, -0.05) is 0 Å². The van der Waals surface area contributed by atoms with E-state index in [0.717, 1.165) is 0 Å². The Kier molecular flexibility index (Phi) is 11.4. The summed E-state index contributed by atoms with van der Waals surface area (Å²) in [7, 11) is 0. The predicted molar refractivity (Wildman–Crippen MR) is 121 cm³/mol. The summed E-state index contributed by atoms with van der Waals surface area (Å²) in [6.45, 7) is 12.7. The van der Waals surface area contributed by atoms with Crippen LogP contribution in [0.3, 0.4) is 0 Å². The van der Waals surface area contributed by atoms with Crippen LogP contribution < -0.4 is 5.32 Å². The Morgan fingerprint density at radius 1 is 1.07 bits per heavy atom. The fraction of sp³-hybridized carbons (Fsp3) is 0.773. The first-order chi connectivity index (χ1) is 12.8.